The molecule has 2 rings (SSSR count). The van der Waals surface area contributed by atoms with Gasteiger partial charge in [0.05, 0.1) is 6.10 Å². The molecule has 0 spiro atoms. The molecule has 5 nitrogen and oxygen atoms in total. The first-order valence-electron chi connectivity index (χ1n) is 4.80. The molecule has 80 valence electrons. The first-order valence-corrected chi connectivity index (χ1v) is 4.80. The number of imidazole rings is 1. The second kappa shape index (κ2) is 3.60. The summed E-state index contributed by atoms with van der Waals surface area (Å²) in [7, 11) is 1.91. The van der Waals surface area contributed by atoms with Crippen molar-refractivity contribution in [2.24, 2.45) is 12.8 Å². The number of nitrogens with two attached hydrogens (primary N) is 1. The van der Waals surface area contributed by atoms with E-state index in [1.807, 2.05) is 24.6 Å². The molecule has 5 heteroatoms. The smallest absolute Gasteiger partial charge is 0.159 e. The van der Waals surface area contributed by atoms with Crippen molar-refractivity contribution >= 4 is 11.2 Å². The number of aliphatic hydroxyl groups is 1. The molecule has 0 saturated heterocycles. The predicted molar refractivity (Wildman–Crippen MR) is 57.3 cm³/mol. The zero-order valence-corrected chi connectivity index (χ0v) is 8.81. The molecule has 1 unspecified atom stereocenters. The van der Waals surface area contributed by atoms with Gasteiger partial charge in [0.25, 0.3) is 0 Å². The van der Waals surface area contributed by atoms with Crippen molar-refractivity contribution in [2.75, 3.05) is 6.54 Å². The molecule has 0 radical (unpaired) electrons. The van der Waals surface area contributed by atoms with Gasteiger partial charge in [-0.05, 0) is 13.0 Å². The second-order valence-corrected chi connectivity index (χ2v) is 3.58. The van der Waals surface area contributed by atoms with E-state index in [0.717, 1.165) is 17.0 Å². The maximum absolute atomic E-state index is 9.57. The van der Waals surface area contributed by atoms with Crippen molar-refractivity contribution in [1.82, 2.24) is 14.5 Å². The molecule has 2 heterocycles. The Hall–Kier alpha value is -1.46. The largest absolute Gasteiger partial charge is 0.387 e. The number of hydrogen-bond donors (Lipinski definition) is 2. The van der Waals surface area contributed by atoms with E-state index in [4.69, 9.17) is 5.73 Å². The molecule has 0 aliphatic carbocycles. The van der Waals surface area contributed by atoms with Crippen molar-refractivity contribution in [3.05, 3.63) is 23.7 Å². The van der Waals surface area contributed by atoms with Crippen LogP contribution in [-0.2, 0) is 7.05 Å². The number of aromatic nitrogens is 3. The van der Waals surface area contributed by atoms with E-state index < -0.39 is 6.10 Å². The van der Waals surface area contributed by atoms with Crippen LogP contribution in [0.3, 0.4) is 0 Å². The van der Waals surface area contributed by atoms with Crippen molar-refractivity contribution in [3.63, 3.8) is 0 Å². The first-order chi connectivity index (χ1) is 7.13. The molecule has 2 aromatic heterocycles. The molecule has 0 saturated carbocycles. The molecule has 0 aromatic carbocycles. The summed E-state index contributed by atoms with van der Waals surface area (Å²) in [5.74, 6) is 0.900. The Morgan fingerprint density at radius 2 is 2.33 bits per heavy atom. The molecule has 0 aliphatic heterocycles. The van der Waals surface area contributed by atoms with Gasteiger partial charge in [0.15, 0.2) is 5.65 Å². The van der Waals surface area contributed by atoms with Crippen molar-refractivity contribution in [1.29, 1.82) is 0 Å². The standard InChI is InChI=1S/C10H14N4O/c1-6-13-8-3-7(9(15)4-11)5-12-10(8)14(6)2/h3,5,9,15H,4,11H2,1-2H3. The molecule has 15 heavy (non-hydrogen) atoms. The monoisotopic (exact) mass is 206 g/mol. The average molecular weight is 206 g/mol. The van der Waals surface area contributed by atoms with Crippen molar-refractivity contribution < 1.29 is 5.11 Å². The highest BCUT2D eigenvalue weighted by atomic mass is 16.3. The third-order valence-electron chi connectivity index (χ3n) is 2.56. The zero-order chi connectivity index (χ0) is 11.0. The lowest BCUT2D eigenvalue weighted by molar-refractivity contribution is 0.186. The van der Waals surface area contributed by atoms with Crippen LogP contribution in [0.15, 0.2) is 12.3 Å². The van der Waals surface area contributed by atoms with Gasteiger partial charge in [-0.2, -0.15) is 0 Å². The van der Waals surface area contributed by atoms with E-state index in [2.05, 4.69) is 9.97 Å². The summed E-state index contributed by atoms with van der Waals surface area (Å²) < 4.78 is 1.91. The Bertz CT molecular complexity index is 491. The number of rotatable bonds is 2. The van der Waals surface area contributed by atoms with Gasteiger partial charge in [-0.3, -0.25) is 0 Å². The lowest BCUT2D eigenvalue weighted by atomic mass is 10.1. The fraction of sp³-hybridized carbons (Fsp3) is 0.400. The van der Waals surface area contributed by atoms with Crippen LogP contribution < -0.4 is 5.73 Å². The maximum atomic E-state index is 9.57. The Morgan fingerprint density at radius 1 is 1.60 bits per heavy atom. The average Bonchev–Trinajstić information content (AvgIpc) is 2.53. The molecule has 0 aliphatic rings. The molecule has 1 atom stereocenters. The summed E-state index contributed by atoms with van der Waals surface area (Å²) in [5.41, 5.74) is 7.70. The number of fused-ring (bicyclic) bond motifs is 1. The lowest BCUT2D eigenvalue weighted by Crippen LogP contribution is -2.11. The predicted octanol–water partition coefficient (Wildman–Crippen LogP) is 0.269. The van der Waals surface area contributed by atoms with Gasteiger partial charge in [-0.25, -0.2) is 9.97 Å². The fourth-order valence-electron chi connectivity index (χ4n) is 1.52. The van der Waals surface area contributed by atoms with E-state index in [-0.39, 0.29) is 6.54 Å². The minimum Gasteiger partial charge on any atom is -0.387 e. The lowest BCUT2D eigenvalue weighted by Gasteiger charge is -2.06. The number of nitrogens with zero attached hydrogens (tertiary/aromatic N) is 3. The Balaban J connectivity index is 2.57. The van der Waals surface area contributed by atoms with Gasteiger partial charge in [-0.15, -0.1) is 0 Å². The topological polar surface area (TPSA) is 77.0 Å². The highest BCUT2D eigenvalue weighted by Crippen LogP contribution is 2.17. The molecular formula is C10H14N4O. The molecule has 3 N–H and O–H groups in total. The Morgan fingerprint density at radius 3 is 3.00 bits per heavy atom. The molecule has 0 bridgehead atoms. The number of pyridine rings is 1. The fourth-order valence-corrected chi connectivity index (χ4v) is 1.52. The summed E-state index contributed by atoms with van der Waals surface area (Å²) in [6.45, 7) is 2.11. The summed E-state index contributed by atoms with van der Waals surface area (Å²) in [6.07, 6.45) is 0.977. The highest BCUT2D eigenvalue weighted by Gasteiger charge is 2.10. The number of aliphatic hydroxyl groups excluding tert-OH is 1. The van der Waals surface area contributed by atoms with Gasteiger partial charge < -0.3 is 15.4 Å². The molecular weight excluding hydrogens is 192 g/mol. The summed E-state index contributed by atoms with van der Waals surface area (Å²) in [6, 6.07) is 1.83. The first kappa shape index (κ1) is 10.1. The summed E-state index contributed by atoms with van der Waals surface area (Å²) in [5, 5.41) is 9.57. The van der Waals surface area contributed by atoms with Crippen LogP contribution in [-0.4, -0.2) is 26.2 Å². The highest BCUT2D eigenvalue weighted by molar-refractivity contribution is 5.72. The van der Waals surface area contributed by atoms with Crippen LogP contribution in [0.25, 0.3) is 11.2 Å². The number of aryl methyl sites for hydroxylation is 2. The summed E-state index contributed by atoms with van der Waals surface area (Å²) in [4.78, 5) is 8.59. The van der Waals surface area contributed by atoms with Gasteiger partial charge in [0, 0.05) is 25.4 Å². The van der Waals surface area contributed by atoms with E-state index in [1.54, 1.807) is 6.20 Å². The molecule has 0 fully saturated rings. The normalized spacial score (nSPS) is 13.3. The van der Waals surface area contributed by atoms with Gasteiger partial charge in [0.1, 0.15) is 11.3 Å². The van der Waals surface area contributed by atoms with Crippen molar-refractivity contribution in [2.45, 2.75) is 13.0 Å². The minimum atomic E-state index is -0.663. The van der Waals surface area contributed by atoms with Crippen LogP contribution in [0, 0.1) is 6.92 Å². The van der Waals surface area contributed by atoms with Gasteiger partial charge in [0.2, 0.25) is 0 Å². The van der Waals surface area contributed by atoms with Crippen LogP contribution in [0.5, 0.6) is 0 Å². The molecule has 2 aromatic rings. The van der Waals surface area contributed by atoms with Crippen molar-refractivity contribution in [3.8, 4) is 0 Å². The van der Waals surface area contributed by atoms with E-state index in [0.29, 0.717) is 5.56 Å². The summed E-state index contributed by atoms with van der Waals surface area (Å²) >= 11 is 0. The van der Waals surface area contributed by atoms with Crippen LogP contribution in [0.2, 0.25) is 0 Å². The van der Waals surface area contributed by atoms with E-state index >= 15 is 0 Å². The van der Waals surface area contributed by atoms with Crippen LogP contribution >= 0.6 is 0 Å². The maximum Gasteiger partial charge on any atom is 0.159 e. The number of hydrogen-bond acceptors (Lipinski definition) is 4. The van der Waals surface area contributed by atoms with Gasteiger partial charge >= 0.3 is 0 Å². The third kappa shape index (κ3) is 1.60. The third-order valence-corrected chi connectivity index (χ3v) is 2.56. The zero-order valence-electron chi connectivity index (χ0n) is 8.81. The quantitative estimate of drug-likeness (QED) is 0.739. The van der Waals surface area contributed by atoms with E-state index in [1.165, 1.54) is 0 Å². The SMILES string of the molecule is Cc1nc2cc(C(O)CN)cnc2n1C. The Labute approximate surface area is 87.6 Å². The second-order valence-electron chi connectivity index (χ2n) is 3.58. The minimum absolute atomic E-state index is 0.193. The van der Waals surface area contributed by atoms with Gasteiger partial charge in [-0.1, -0.05) is 0 Å². The molecule has 0 amide bonds. The van der Waals surface area contributed by atoms with E-state index in [9.17, 15) is 5.11 Å². The Kier molecular flexibility index (Phi) is 2.42. The van der Waals surface area contributed by atoms with Crippen LogP contribution in [0.4, 0.5) is 0 Å². The van der Waals surface area contributed by atoms with Crippen LogP contribution in [0.1, 0.15) is 17.5 Å².